The van der Waals surface area contributed by atoms with Gasteiger partial charge in [0.15, 0.2) is 0 Å². The molecule has 0 atom stereocenters. The van der Waals surface area contributed by atoms with E-state index in [0.29, 0.717) is 5.56 Å². The van der Waals surface area contributed by atoms with E-state index in [1.54, 1.807) is 12.1 Å². The van der Waals surface area contributed by atoms with Crippen LogP contribution in [0.4, 0.5) is 13.2 Å². The first-order valence-electron chi connectivity index (χ1n) is 4.27. The molecule has 2 rings (SSSR count). The molecule has 0 saturated carbocycles. The highest BCUT2D eigenvalue weighted by molar-refractivity contribution is 7.08. The first kappa shape index (κ1) is 10.2. The molecule has 4 heteroatoms. The van der Waals surface area contributed by atoms with Gasteiger partial charge in [-0.2, -0.15) is 24.5 Å². The van der Waals surface area contributed by atoms with Crippen molar-refractivity contribution in [1.82, 2.24) is 0 Å². The maximum Gasteiger partial charge on any atom is 0.416 e. The Hall–Kier alpha value is -1.29. The zero-order valence-corrected chi connectivity index (χ0v) is 8.40. The zero-order valence-electron chi connectivity index (χ0n) is 7.58. The average molecular weight is 228 g/mol. The first-order chi connectivity index (χ1) is 7.07. The summed E-state index contributed by atoms with van der Waals surface area (Å²) < 4.78 is 37.2. The van der Waals surface area contributed by atoms with E-state index in [9.17, 15) is 13.2 Å². The Morgan fingerprint density at radius 2 is 1.80 bits per heavy atom. The zero-order chi connectivity index (χ0) is 10.9. The van der Waals surface area contributed by atoms with Crippen molar-refractivity contribution in [1.29, 1.82) is 0 Å². The lowest BCUT2D eigenvalue weighted by Gasteiger charge is -2.07. The standard InChI is InChI=1S/C11H7F3S/c12-11(13,14)10-3-1-2-8(6-10)9-4-5-15-7-9/h1-7H. The van der Waals surface area contributed by atoms with E-state index in [1.165, 1.54) is 23.5 Å². The normalized spacial score (nSPS) is 11.7. The molecule has 0 nitrogen and oxygen atoms in total. The van der Waals surface area contributed by atoms with E-state index in [0.717, 1.165) is 11.6 Å². The summed E-state index contributed by atoms with van der Waals surface area (Å²) >= 11 is 1.47. The Bertz CT molecular complexity index is 443. The van der Waals surface area contributed by atoms with Crippen molar-refractivity contribution in [2.45, 2.75) is 6.18 Å². The summed E-state index contributed by atoms with van der Waals surface area (Å²) in [5.74, 6) is 0. The third-order valence-corrected chi connectivity index (χ3v) is 2.73. The van der Waals surface area contributed by atoms with Crippen molar-refractivity contribution in [3.63, 3.8) is 0 Å². The molecule has 0 fully saturated rings. The Kier molecular flexibility index (Phi) is 2.52. The van der Waals surface area contributed by atoms with Gasteiger partial charge in [0.05, 0.1) is 5.56 Å². The fourth-order valence-electron chi connectivity index (χ4n) is 1.30. The molecule has 2 aromatic rings. The summed E-state index contributed by atoms with van der Waals surface area (Å²) in [6, 6.07) is 7.16. The predicted octanol–water partition coefficient (Wildman–Crippen LogP) is 4.43. The molecule has 1 heterocycles. The molecule has 15 heavy (non-hydrogen) atoms. The summed E-state index contributed by atoms with van der Waals surface area (Å²) in [5.41, 5.74) is 0.823. The predicted molar refractivity (Wildman–Crippen MR) is 54.8 cm³/mol. The van der Waals surface area contributed by atoms with E-state index in [-0.39, 0.29) is 0 Å². The fourth-order valence-corrected chi connectivity index (χ4v) is 1.97. The van der Waals surface area contributed by atoms with Gasteiger partial charge < -0.3 is 0 Å². The third kappa shape index (κ3) is 2.21. The molecule has 0 unspecified atom stereocenters. The second-order valence-electron chi connectivity index (χ2n) is 3.09. The molecular formula is C11H7F3S. The molecule has 0 aliphatic carbocycles. The average Bonchev–Trinajstić information content (AvgIpc) is 2.69. The van der Waals surface area contributed by atoms with Crippen molar-refractivity contribution in [3.8, 4) is 11.1 Å². The summed E-state index contributed by atoms with van der Waals surface area (Å²) in [6.45, 7) is 0. The Labute approximate surface area is 89.0 Å². The van der Waals surface area contributed by atoms with Crippen LogP contribution < -0.4 is 0 Å². The van der Waals surface area contributed by atoms with Crippen molar-refractivity contribution in [2.75, 3.05) is 0 Å². The van der Waals surface area contributed by atoms with Gasteiger partial charge in [0.2, 0.25) is 0 Å². The SMILES string of the molecule is FC(F)(F)c1cccc(-c2ccsc2)c1. The van der Waals surface area contributed by atoms with Crippen LogP contribution in [0.2, 0.25) is 0 Å². The quantitative estimate of drug-likeness (QED) is 0.677. The number of benzene rings is 1. The van der Waals surface area contributed by atoms with Gasteiger partial charge >= 0.3 is 6.18 Å². The van der Waals surface area contributed by atoms with Crippen LogP contribution >= 0.6 is 11.3 Å². The highest BCUT2D eigenvalue weighted by Gasteiger charge is 2.30. The van der Waals surface area contributed by atoms with Crippen molar-refractivity contribution >= 4 is 11.3 Å². The molecule has 0 aliphatic rings. The van der Waals surface area contributed by atoms with Crippen LogP contribution in [0.1, 0.15) is 5.56 Å². The Morgan fingerprint density at radius 3 is 2.40 bits per heavy atom. The molecule has 0 amide bonds. The highest BCUT2D eigenvalue weighted by Crippen LogP contribution is 2.32. The number of alkyl halides is 3. The Morgan fingerprint density at radius 1 is 1.00 bits per heavy atom. The van der Waals surface area contributed by atoms with E-state index in [2.05, 4.69) is 0 Å². The lowest BCUT2D eigenvalue weighted by atomic mass is 10.1. The fraction of sp³-hybridized carbons (Fsp3) is 0.0909. The smallest absolute Gasteiger partial charge is 0.166 e. The number of hydrogen-bond donors (Lipinski definition) is 0. The summed E-state index contributed by atoms with van der Waals surface area (Å²) in [5, 5.41) is 3.67. The van der Waals surface area contributed by atoms with Gasteiger partial charge in [-0.25, -0.2) is 0 Å². The lowest BCUT2D eigenvalue weighted by Crippen LogP contribution is -2.04. The molecule has 0 N–H and O–H groups in total. The van der Waals surface area contributed by atoms with Crippen molar-refractivity contribution < 1.29 is 13.2 Å². The minimum absolute atomic E-state index is 0.603. The minimum Gasteiger partial charge on any atom is -0.166 e. The summed E-state index contributed by atoms with van der Waals surface area (Å²) in [6.07, 6.45) is -4.27. The van der Waals surface area contributed by atoms with Crippen molar-refractivity contribution in [3.05, 3.63) is 46.7 Å². The van der Waals surface area contributed by atoms with Crippen LogP contribution in [0.3, 0.4) is 0 Å². The summed E-state index contributed by atoms with van der Waals surface area (Å²) in [7, 11) is 0. The molecule has 0 bridgehead atoms. The van der Waals surface area contributed by atoms with Gasteiger partial charge in [-0.3, -0.25) is 0 Å². The van der Waals surface area contributed by atoms with Crippen molar-refractivity contribution in [2.24, 2.45) is 0 Å². The van der Waals surface area contributed by atoms with Crippen LogP contribution in [0.5, 0.6) is 0 Å². The highest BCUT2D eigenvalue weighted by atomic mass is 32.1. The second-order valence-corrected chi connectivity index (χ2v) is 3.87. The first-order valence-corrected chi connectivity index (χ1v) is 5.21. The van der Waals surface area contributed by atoms with Crippen LogP contribution in [-0.2, 0) is 6.18 Å². The van der Waals surface area contributed by atoms with Crippen LogP contribution in [0.15, 0.2) is 41.1 Å². The number of rotatable bonds is 1. The minimum atomic E-state index is -4.27. The topological polar surface area (TPSA) is 0 Å². The lowest BCUT2D eigenvalue weighted by molar-refractivity contribution is -0.137. The van der Waals surface area contributed by atoms with Gasteiger partial charge in [-0.05, 0) is 40.1 Å². The molecular weight excluding hydrogens is 221 g/mol. The molecule has 1 aromatic heterocycles. The maximum atomic E-state index is 12.4. The maximum absolute atomic E-state index is 12.4. The van der Waals surface area contributed by atoms with E-state index < -0.39 is 11.7 Å². The van der Waals surface area contributed by atoms with Crippen LogP contribution in [-0.4, -0.2) is 0 Å². The second kappa shape index (κ2) is 3.70. The summed E-state index contributed by atoms with van der Waals surface area (Å²) in [4.78, 5) is 0. The van der Waals surface area contributed by atoms with Crippen LogP contribution in [0, 0.1) is 0 Å². The molecule has 78 valence electrons. The van der Waals surface area contributed by atoms with Gasteiger partial charge in [-0.1, -0.05) is 12.1 Å². The van der Waals surface area contributed by atoms with Gasteiger partial charge in [0.25, 0.3) is 0 Å². The number of thiophene rings is 1. The number of hydrogen-bond acceptors (Lipinski definition) is 1. The largest absolute Gasteiger partial charge is 0.416 e. The van der Waals surface area contributed by atoms with Gasteiger partial charge in [0.1, 0.15) is 0 Å². The molecule has 1 aromatic carbocycles. The van der Waals surface area contributed by atoms with E-state index in [1.807, 2.05) is 10.8 Å². The molecule has 0 spiro atoms. The van der Waals surface area contributed by atoms with E-state index >= 15 is 0 Å². The number of halogens is 3. The monoisotopic (exact) mass is 228 g/mol. The molecule has 0 saturated heterocycles. The third-order valence-electron chi connectivity index (χ3n) is 2.04. The van der Waals surface area contributed by atoms with Gasteiger partial charge in [-0.15, -0.1) is 0 Å². The van der Waals surface area contributed by atoms with Gasteiger partial charge in [0, 0.05) is 0 Å². The molecule has 0 radical (unpaired) electrons. The van der Waals surface area contributed by atoms with Crippen LogP contribution in [0.25, 0.3) is 11.1 Å². The Balaban J connectivity index is 2.44. The van der Waals surface area contributed by atoms with E-state index in [4.69, 9.17) is 0 Å². The molecule has 0 aliphatic heterocycles.